The topological polar surface area (TPSA) is 110 Å². The molecule has 1 unspecified atom stereocenters. The Morgan fingerprint density at radius 3 is 2.77 bits per heavy atom. The monoisotopic (exact) mass is 355 g/mol. The smallest absolute Gasteiger partial charge is 0.263 e. The van der Waals surface area contributed by atoms with E-state index in [0.717, 1.165) is 11.3 Å². The molecule has 0 fully saturated rings. The lowest BCUT2D eigenvalue weighted by Gasteiger charge is -2.20. The molecule has 1 atom stereocenters. The molecule has 7 heteroatoms. The first kappa shape index (κ1) is 19.3. The summed E-state index contributed by atoms with van der Waals surface area (Å²) in [4.78, 5) is 49.2. The van der Waals surface area contributed by atoms with Gasteiger partial charge in [0.2, 0.25) is 5.91 Å². The Bertz CT molecular complexity index is 792. The van der Waals surface area contributed by atoms with Gasteiger partial charge in [-0.15, -0.1) is 0 Å². The molecule has 3 amide bonds. The van der Waals surface area contributed by atoms with E-state index in [1.54, 1.807) is 18.2 Å². The molecule has 136 valence electrons. The normalized spacial score (nSPS) is 13.7. The van der Waals surface area contributed by atoms with Crippen molar-refractivity contribution in [3.05, 3.63) is 34.9 Å². The molecule has 1 aromatic rings. The molecule has 0 aromatic heterocycles. The van der Waals surface area contributed by atoms with Gasteiger partial charge >= 0.3 is 0 Å². The standard InChI is InChI=1S/C19H21N3O4/c1-21-16(24)10-9-14(12-23)22-18(25)15-8-5-7-13(17(15)19(22)26)6-3-2-4-11-20/h5,7-8,12,14H,2,4,9-11,20H2,1H3,(H,21,24). The lowest BCUT2D eigenvalue weighted by Crippen LogP contribution is -2.41. The zero-order chi connectivity index (χ0) is 19.1. The number of nitrogens with two attached hydrogens (primary N) is 1. The molecule has 7 nitrogen and oxygen atoms in total. The fourth-order valence-corrected chi connectivity index (χ4v) is 2.72. The van der Waals surface area contributed by atoms with Crippen molar-refractivity contribution in [2.75, 3.05) is 13.6 Å². The number of amides is 3. The maximum Gasteiger partial charge on any atom is 0.263 e. The van der Waals surface area contributed by atoms with Gasteiger partial charge in [0.05, 0.1) is 17.2 Å². The fraction of sp³-hybridized carbons (Fsp3) is 0.368. The molecule has 0 saturated heterocycles. The van der Waals surface area contributed by atoms with Gasteiger partial charge in [-0.2, -0.15) is 0 Å². The van der Waals surface area contributed by atoms with Crippen LogP contribution in [0.25, 0.3) is 0 Å². The van der Waals surface area contributed by atoms with Gasteiger partial charge < -0.3 is 15.8 Å². The summed E-state index contributed by atoms with van der Waals surface area (Å²) in [5.41, 5.74) is 6.33. The van der Waals surface area contributed by atoms with E-state index in [-0.39, 0.29) is 29.9 Å². The molecule has 1 heterocycles. The molecule has 26 heavy (non-hydrogen) atoms. The van der Waals surface area contributed by atoms with Crippen LogP contribution in [0.1, 0.15) is 52.0 Å². The third-order valence-electron chi connectivity index (χ3n) is 4.11. The zero-order valence-electron chi connectivity index (χ0n) is 14.6. The molecule has 1 aliphatic heterocycles. The third-order valence-corrected chi connectivity index (χ3v) is 4.11. The van der Waals surface area contributed by atoms with Gasteiger partial charge in [-0.05, 0) is 31.5 Å². The maximum atomic E-state index is 12.8. The van der Waals surface area contributed by atoms with Gasteiger partial charge in [0.15, 0.2) is 0 Å². The highest BCUT2D eigenvalue weighted by Gasteiger charge is 2.41. The first-order valence-corrected chi connectivity index (χ1v) is 8.40. The Labute approximate surface area is 151 Å². The highest BCUT2D eigenvalue weighted by Crippen LogP contribution is 2.28. The predicted octanol–water partition coefficient (Wildman–Crippen LogP) is 0.467. The molecule has 0 saturated carbocycles. The fourth-order valence-electron chi connectivity index (χ4n) is 2.72. The van der Waals surface area contributed by atoms with Crippen molar-refractivity contribution >= 4 is 24.0 Å². The summed E-state index contributed by atoms with van der Waals surface area (Å²) in [5.74, 6) is 4.49. The zero-order valence-corrected chi connectivity index (χ0v) is 14.6. The van der Waals surface area contributed by atoms with E-state index in [9.17, 15) is 19.2 Å². The number of fused-ring (bicyclic) bond motifs is 1. The average molecular weight is 355 g/mol. The van der Waals surface area contributed by atoms with Gasteiger partial charge in [-0.25, -0.2) is 0 Å². The Balaban J connectivity index is 2.29. The molecular weight excluding hydrogens is 334 g/mol. The molecule has 3 N–H and O–H groups in total. The van der Waals surface area contributed by atoms with Crippen molar-refractivity contribution in [2.24, 2.45) is 5.73 Å². The first-order chi connectivity index (χ1) is 12.5. The summed E-state index contributed by atoms with van der Waals surface area (Å²) in [6.45, 7) is 0.527. The van der Waals surface area contributed by atoms with Gasteiger partial charge in [-0.3, -0.25) is 19.3 Å². The molecule has 0 spiro atoms. The van der Waals surface area contributed by atoms with Crippen molar-refractivity contribution in [2.45, 2.75) is 31.7 Å². The molecule has 2 rings (SSSR count). The number of benzene rings is 1. The van der Waals surface area contributed by atoms with Crippen LogP contribution in [0.2, 0.25) is 0 Å². The van der Waals surface area contributed by atoms with Crippen molar-refractivity contribution in [1.82, 2.24) is 10.2 Å². The van der Waals surface area contributed by atoms with E-state index in [2.05, 4.69) is 17.2 Å². The highest BCUT2D eigenvalue weighted by atomic mass is 16.2. The van der Waals surface area contributed by atoms with Crippen LogP contribution < -0.4 is 11.1 Å². The van der Waals surface area contributed by atoms with E-state index in [1.165, 1.54) is 7.05 Å². The number of unbranched alkanes of at least 4 members (excludes halogenated alkanes) is 1. The largest absolute Gasteiger partial charge is 0.359 e. The third kappa shape index (κ3) is 3.98. The lowest BCUT2D eigenvalue weighted by molar-refractivity contribution is -0.121. The summed E-state index contributed by atoms with van der Waals surface area (Å²) in [6, 6.07) is 3.88. The van der Waals surface area contributed by atoms with Crippen LogP contribution in [0.4, 0.5) is 0 Å². The van der Waals surface area contributed by atoms with Crippen LogP contribution in [-0.4, -0.2) is 48.5 Å². The predicted molar refractivity (Wildman–Crippen MR) is 95.3 cm³/mol. The summed E-state index contributed by atoms with van der Waals surface area (Å²) >= 11 is 0. The van der Waals surface area contributed by atoms with E-state index >= 15 is 0 Å². The van der Waals surface area contributed by atoms with Gasteiger partial charge in [-0.1, -0.05) is 17.9 Å². The minimum absolute atomic E-state index is 0.0407. The molecule has 0 bridgehead atoms. The van der Waals surface area contributed by atoms with Crippen LogP contribution in [0.5, 0.6) is 0 Å². The van der Waals surface area contributed by atoms with Crippen LogP contribution in [0.15, 0.2) is 18.2 Å². The number of aldehydes is 1. The number of imide groups is 1. The Morgan fingerprint density at radius 2 is 2.12 bits per heavy atom. The minimum Gasteiger partial charge on any atom is -0.359 e. The Morgan fingerprint density at radius 1 is 1.35 bits per heavy atom. The average Bonchev–Trinajstić information content (AvgIpc) is 2.91. The number of rotatable bonds is 7. The highest BCUT2D eigenvalue weighted by molar-refractivity contribution is 6.23. The lowest BCUT2D eigenvalue weighted by atomic mass is 10.0. The van der Waals surface area contributed by atoms with E-state index in [4.69, 9.17) is 5.73 Å². The summed E-state index contributed by atoms with van der Waals surface area (Å²) < 4.78 is 0. The van der Waals surface area contributed by atoms with E-state index in [1.807, 2.05) is 0 Å². The number of carbonyl (C=O) groups is 4. The van der Waals surface area contributed by atoms with Gasteiger partial charge in [0, 0.05) is 25.5 Å². The van der Waals surface area contributed by atoms with Crippen molar-refractivity contribution < 1.29 is 19.2 Å². The molecule has 0 aliphatic carbocycles. The Kier molecular flexibility index (Phi) is 6.64. The SMILES string of the molecule is CNC(=O)CCC(C=O)N1C(=O)c2cccc(C#CCCCN)c2C1=O. The van der Waals surface area contributed by atoms with Gasteiger partial charge in [0.1, 0.15) is 6.29 Å². The van der Waals surface area contributed by atoms with Crippen LogP contribution in [-0.2, 0) is 9.59 Å². The second-order valence-electron chi connectivity index (χ2n) is 5.82. The van der Waals surface area contributed by atoms with Crippen molar-refractivity contribution in [1.29, 1.82) is 0 Å². The quantitative estimate of drug-likeness (QED) is 0.320. The van der Waals surface area contributed by atoms with E-state index in [0.29, 0.717) is 24.8 Å². The van der Waals surface area contributed by atoms with E-state index < -0.39 is 17.9 Å². The summed E-state index contributed by atoms with van der Waals surface area (Å²) in [6.07, 6.45) is 1.98. The second-order valence-corrected chi connectivity index (χ2v) is 5.82. The molecule has 1 aliphatic rings. The maximum absolute atomic E-state index is 12.8. The summed E-state index contributed by atoms with van der Waals surface area (Å²) in [7, 11) is 1.48. The first-order valence-electron chi connectivity index (χ1n) is 8.40. The van der Waals surface area contributed by atoms with Gasteiger partial charge in [0.25, 0.3) is 11.8 Å². The minimum atomic E-state index is -0.988. The number of nitrogens with zero attached hydrogens (tertiary/aromatic N) is 1. The van der Waals surface area contributed by atoms with Crippen LogP contribution >= 0.6 is 0 Å². The van der Waals surface area contributed by atoms with Crippen LogP contribution in [0, 0.1) is 11.8 Å². The molecule has 0 radical (unpaired) electrons. The summed E-state index contributed by atoms with van der Waals surface area (Å²) in [5, 5.41) is 2.45. The van der Waals surface area contributed by atoms with Crippen molar-refractivity contribution in [3.8, 4) is 11.8 Å². The number of hydrogen-bond acceptors (Lipinski definition) is 5. The second kappa shape index (κ2) is 8.92. The number of hydrogen-bond donors (Lipinski definition) is 2. The van der Waals surface area contributed by atoms with Crippen LogP contribution in [0.3, 0.4) is 0 Å². The van der Waals surface area contributed by atoms with Crippen molar-refractivity contribution in [3.63, 3.8) is 0 Å². The number of nitrogens with one attached hydrogen (secondary N) is 1. The Hall–Kier alpha value is -2.98. The molecular formula is C19H21N3O4. The number of carbonyl (C=O) groups excluding carboxylic acids is 4. The molecule has 1 aromatic carbocycles.